The molecular weight excluding hydrogens is 667 g/mol. The first-order valence-corrected chi connectivity index (χ1v) is 18.7. The van der Waals surface area contributed by atoms with E-state index in [9.17, 15) is 0 Å². The van der Waals surface area contributed by atoms with E-state index in [0.29, 0.717) is 0 Å². The fraction of sp³-hybridized carbons (Fsp3) is 0. The number of rotatable bonds is 5. The average Bonchev–Trinajstić information content (AvgIpc) is 3.60. The van der Waals surface area contributed by atoms with E-state index in [1.165, 1.54) is 60.4 Å². The highest BCUT2D eigenvalue weighted by Gasteiger charge is 2.15. The minimum atomic E-state index is 0.868. The minimum Gasteiger partial charge on any atom is -0.309 e. The van der Waals surface area contributed by atoms with E-state index in [-0.39, 0.29) is 0 Å². The van der Waals surface area contributed by atoms with E-state index in [4.69, 9.17) is 9.97 Å². The van der Waals surface area contributed by atoms with Gasteiger partial charge in [-0.3, -0.25) is 4.98 Å². The van der Waals surface area contributed by atoms with Crippen LogP contribution in [0, 0.1) is 0 Å². The number of aromatic nitrogens is 3. The Balaban J connectivity index is 0.929. The Bertz CT molecular complexity index is 3210. The van der Waals surface area contributed by atoms with Crippen molar-refractivity contribution in [3.8, 4) is 50.3 Å². The molecule has 0 spiro atoms. The summed E-state index contributed by atoms with van der Waals surface area (Å²) in [5.41, 5.74) is 14.5. The molecule has 0 N–H and O–H groups in total. The Hall–Kier alpha value is -7.36. The van der Waals surface area contributed by atoms with E-state index in [1.54, 1.807) is 0 Å². The first-order chi connectivity index (χ1) is 27.3. The van der Waals surface area contributed by atoms with Crippen molar-refractivity contribution in [2.45, 2.75) is 0 Å². The molecule has 0 aliphatic carbocycles. The second kappa shape index (κ2) is 12.6. The largest absolute Gasteiger partial charge is 0.309 e. The predicted molar refractivity (Wildman–Crippen MR) is 231 cm³/mol. The van der Waals surface area contributed by atoms with Crippen molar-refractivity contribution < 1.29 is 0 Å². The predicted octanol–water partition coefficient (Wildman–Crippen LogP) is 13.7. The van der Waals surface area contributed by atoms with Crippen molar-refractivity contribution in [3.05, 3.63) is 200 Å². The molecule has 0 radical (unpaired) electrons. The number of benzene rings is 9. The van der Waals surface area contributed by atoms with E-state index in [2.05, 4.69) is 199 Å². The summed E-state index contributed by atoms with van der Waals surface area (Å²) in [6.45, 7) is 0. The van der Waals surface area contributed by atoms with Gasteiger partial charge < -0.3 is 4.57 Å². The van der Waals surface area contributed by atoms with Crippen molar-refractivity contribution in [1.29, 1.82) is 0 Å². The lowest BCUT2D eigenvalue weighted by molar-refractivity contribution is 1.18. The lowest BCUT2D eigenvalue weighted by Crippen LogP contribution is -1.93. The highest BCUT2D eigenvalue weighted by atomic mass is 15.0. The fourth-order valence-corrected chi connectivity index (χ4v) is 8.36. The van der Waals surface area contributed by atoms with Gasteiger partial charge in [-0.25, -0.2) is 4.98 Å². The molecule has 11 rings (SSSR count). The maximum absolute atomic E-state index is 5.20. The summed E-state index contributed by atoms with van der Waals surface area (Å²) in [5.74, 6) is 0. The van der Waals surface area contributed by atoms with Crippen LogP contribution in [-0.2, 0) is 0 Å². The van der Waals surface area contributed by atoms with Crippen LogP contribution < -0.4 is 0 Å². The van der Waals surface area contributed by atoms with Crippen LogP contribution in [0.2, 0.25) is 0 Å². The second-order valence-corrected chi connectivity index (χ2v) is 14.2. The molecule has 0 amide bonds. The zero-order valence-electron chi connectivity index (χ0n) is 29.9. The second-order valence-electron chi connectivity index (χ2n) is 14.2. The molecule has 0 aliphatic rings. The van der Waals surface area contributed by atoms with Crippen molar-refractivity contribution in [3.63, 3.8) is 0 Å². The van der Waals surface area contributed by atoms with Crippen LogP contribution >= 0.6 is 0 Å². The van der Waals surface area contributed by atoms with Crippen LogP contribution in [0.3, 0.4) is 0 Å². The van der Waals surface area contributed by atoms with Gasteiger partial charge in [0.25, 0.3) is 0 Å². The number of hydrogen-bond donors (Lipinski definition) is 0. The highest BCUT2D eigenvalue weighted by molar-refractivity contribution is 6.23. The summed E-state index contributed by atoms with van der Waals surface area (Å²) in [6.07, 6.45) is 1.91. The van der Waals surface area contributed by atoms with Crippen LogP contribution in [0.4, 0.5) is 0 Å². The Morgan fingerprint density at radius 3 is 1.47 bits per heavy atom. The lowest BCUT2D eigenvalue weighted by atomic mass is 9.95. The lowest BCUT2D eigenvalue weighted by Gasteiger charge is -2.11. The monoisotopic (exact) mass is 699 g/mol. The van der Waals surface area contributed by atoms with Crippen molar-refractivity contribution >= 4 is 54.4 Å². The number of nitrogens with zero attached hydrogens (tertiary/aromatic N) is 3. The van der Waals surface area contributed by atoms with E-state index in [0.717, 1.165) is 44.3 Å². The van der Waals surface area contributed by atoms with Gasteiger partial charge in [0.05, 0.1) is 34.0 Å². The summed E-state index contributed by atoms with van der Waals surface area (Å²) in [5, 5.41) is 7.18. The first-order valence-electron chi connectivity index (χ1n) is 18.7. The summed E-state index contributed by atoms with van der Waals surface area (Å²) in [7, 11) is 0. The molecule has 2 heterocycles. The molecule has 0 aliphatic heterocycles. The van der Waals surface area contributed by atoms with Gasteiger partial charge in [-0.05, 0) is 80.6 Å². The molecule has 0 fully saturated rings. The molecule has 9 aromatic carbocycles. The van der Waals surface area contributed by atoms with E-state index in [1.807, 2.05) is 6.20 Å². The zero-order chi connectivity index (χ0) is 36.3. The van der Waals surface area contributed by atoms with Crippen molar-refractivity contribution in [1.82, 2.24) is 14.5 Å². The molecule has 11 aromatic rings. The average molecular weight is 700 g/mol. The van der Waals surface area contributed by atoms with Gasteiger partial charge >= 0.3 is 0 Å². The van der Waals surface area contributed by atoms with Gasteiger partial charge in [0.2, 0.25) is 0 Å². The topological polar surface area (TPSA) is 30.7 Å². The SMILES string of the molecule is c1ccc(-n2c3ccccc3c3ccc(-c4cccc(-c5cccc(-c6ccc(-c7cnc8c9ccccc9c9ccccc9c8n7)cc6)c5)c4)cc32)cc1. The fourth-order valence-electron chi connectivity index (χ4n) is 8.36. The molecular formula is C52H33N3. The molecule has 3 heteroatoms. The Kier molecular flexibility index (Phi) is 7.17. The quantitative estimate of drug-likeness (QED) is 0.167. The standard InChI is InChI=1S/C52H33N3/c1-2-16-41(17-3-1)55-49-23-9-8-20-44(49)45-29-28-40(32-50(45)55)39-15-11-14-38(31-39)37-13-10-12-36(30-37)34-24-26-35(27-25-34)48-33-53-51-46-21-6-4-18-42(46)43-19-5-7-22-47(43)52(51)54-48/h1-33H. The van der Waals surface area contributed by atoms with Crippen molar-refractivity contribution in [2.24, 2.45) is 0 Å². The molecule has 55 heavy (non-hydrogen) atoms. The normalized spacial score (nSPS) is 11.6. The van der Waals surface area contributed by atoms with Crippen LogP contribution in [0.5, 0.6) is 0 Å². The number of para-hydroxylation sites is 2. The van der Waals surface area contributed by atoms with Crippen molar-refractivity contribution in [2.75, 3.05) is 0 Å². The molecule has 0 atom stereocenters. The number of fused-ring (bicyclic) bond motifs is 9. The molecule has 0 unspecified atom stereocenters. The highest BCUT2D eigenvalue weighted by Crippen LogP contribution is 2.37. The summed E-state index contributed by atoms with van der Waals surface area (Å²) in [4.78, 5) is 10.2. The van der Waals surface area contributed by atoms with Gasteiger partial charge in [-0.2, -0.15) is 0 Å². The Morgan fingerprint density at radius 2 is 0.800 bits per heavy atom. The van der Waals surface area contributed by atoms with Crippen LogP contribution in [0.25, 0.3) is 105 Å². The third kappa shape index (κ3) is 5.20. The van der Waals surface area contributed by atoms with Gasteiger partial charge in [-0.15, -0.1) is 0 Å². The molecule has 256 valence electrons. The van der Waals surface area contributed by atoms with Crippen LogP contribution in [0.15, 0.2) is 200 Å². The molecule has 0 saturated heterocycles. The maximum atomic E-state index is 5.20. The van der Waals surface area contributed by atoms with E-state index < -0.39 is 0 Å². The third-order valence-corrected chi connectivity index (χ3v) is 11.0. The van der Waals surface area contributed by atoms with Gasteiger partial charge in [0.1, 0.15) is 0 Å². The van der Waals surface area contributed by atoms with E-state index >= 15 is 0 Å². The molecule has 0 bridgehead atoms. The summed E-state index contributed by atoms with van der Waals surface area (Å²) >= 11 is 0. The van der Waals surface area contributed by atoms with Gasteiger partial charge in [0.15, 0.2) is 0 Å². The smallest absolute Gasteiger partial charge is 0.0979 e. The Morgan fingerprint density at radius 1 is 0.309 bits per heavy atom. The molecule has 2 aromatic heterocycles. The Labute approximate surface area is 318 Å². The molecule has 3 nitrogen and oxygen atoms in total. The first kappa shape index (κ1) is 31.2. The van der Waals surface area contributed by atoms with Crippen LogP contribution in [0.1, 0.15) is 0 Å². The van der Waals surface area contributed by atoms with Gasteiger partial charge in [-0.1, -0.05) is 158 Å². The van der Waals surface area contributed by atoms with Gasteiger partial charge in [0, 0.05) is 32.8 Å². The summed E-state index contributed by atoms with van der Waals surface area (Å²) < 4.78 is 2.38. The minimum absolute atomic E-state index is 0.868. The number of hydrogen-bond acceptors (Lipinski definition) is 2. The third-order valence-electron chi connectivity index (χ3n) is 11.0. The maximum Gasteiger partial charge on any atom is 0.0979 e. The van der Waals surface area contributed by atoms with Crippen LogP contribution in [-0.4, -0.2) is 14.5 Å². The molecule has 0 saturated carbocycles. The summed E-state index contributed by atoms with van der Waals surface area (Å²) in [6, 6.07) is 69.6. The zero-order valence-corrected chi connectivity index (χ0v) is 29.9.